The van der Waals surface area contributed by atoms with Crippen LogP contribution in [0.3, 0.4) is 0 Å². The molecule has 9 nitrogen and oxygen atoms in total. The third-order valence-corrected chi connectivity index (χ3v) is 4.38. The molecule has 1 saturated carbocycles. The first-order valence-corrected chi connectivity index (χ1v) is 7.95. The summed E-state index contributed by atoms with van der Waals surface area (Å²) in [5.74, 6) is 3.16. The molecule has 1 aliphatic carbocycles. The number of aromatic amines is 1. The molecule has 0 aliphatic heterocycles. The minimum Gasteiger partial charge on any atom is -0.321 e. The van der Waals surface area contributed by atoms with E-state index in [2.05, 4.69) is 40.1 Å². The smallest absolute Gasteiger partial charge is 0.218 e. The molecule has 9 heteroatoms. The maximum atomic E-state index is 4.69. The highest BCUT2D eigenvalue weighted by Crippen LogP contribution is 2.30. The van der Waals surface area contributed by atoms with Crippen LogP contribution in [0.2, 0.25) is 0 Å². The van der Waals surface area contributed by atoms with Crippen molar-refractivity contribution < 1.29 is 0 Å². The van der Waals surface area contributed by atoms with Crippen LogP contribution < -0.4 is 0 Å². The summed E-state index contributed by atoms with van der Waals surface area (Å²) in [6, 6.07) is 0.439. The van der Waals surface area contributed by atoms with Crippen molar-refractivity contribution in [3.8, 4) is 11.6 Å². The summed E-state index contributed by atoms with van der Waals surface area (Å²) in [6.45, 7) is 0. The van der Waals surface area contributed by atoms with E-state index in [1.165, 1.54) is 19.2 Å². The quantitative estimate of drug-likeness (QED) is 0.756. The molecule has 0 radical (unpaired) electrons. The van der Waals surface area contributed by atoms with Crippen LogP contribution in [0.1, 0.15) is 43.4 Å². The van der Waals surface area contributed by atoms with Crippen molar-refractivity contribution in [1.82, 2.24) is 44.7 Å². The summed E-state index contributed by atoms with van der Waals surface area (Å²) in [6.07, 6.45) is 9.60. The molecular weight excluding hydrogens is 294 g/mol. The number of nitrogens with zero attached hydrogens (tertiary/aromatic N) is 8. The van der Waals surface area contributed by atoms with Crippen molar-refractivity contribution >= 4 is 0 Å². The van der Waals surface area contributed by atoms with E-state index in [-0.39, 0.29) is 0 Å². The van der Waals surface area contributed by atoms with Crippen molar-refractivity contribution in [2.45, 2.75) is 44.6 Å². The van der Waals surface area contributed by atoms with Gasteiger partial charge in [0.25, 0.3) is 0 Å². The summed E-state index contributed by atoms with van der Waals surface area (Å²) >= 11 is 0. The number of rotatable bonds is 5. The normalized spacial score (nSPS) is 15.5. The first kappa shape index (κ1) is 14.0. The van der Waals surface area contributed by atoms with Gasteiger partial charge in [0.2, 0.25) is 5.82 Å². The van der Waals surface area contributed by atoms with Crippen LogP contribution in [0.25, 0.3) is 11.6 Å². The SMILES string of the molecule is Cn1cnnc1CCc1nc(-c2ncn[nH]2)nn1C1CCCC1. The van der Waals surface area contributed by atoms with Gasteiger partial charge in [-0.05, 0) is 12.8 Å². The van der Waals surface area contributed by atoms with Gasteiger partial charge in [0.15, 0.2) is 5.82 Å². The summed E-state index contributed by atoms with van der Waals surface area (Å²) in [7, 11) is 1.96. The van der Waals surface area contributed by atoms with Crippen LogP contribution in [0.5, 0.6) is 0 Å². The Morgan fingerprint density at radius 3 is 2.74 bits per heavy atom. The Labute approximate surface area is 133 Å². The highest BCUT2D eigenvalue weighted by molar-refractivity contribution is 5.40. The van der Waals surface area contributed by atoms with Gasteiger partial charge >= 0.3 is 0 Å². The Bertz CT molecular complexity index is 764. The minimum absolute atomic E-state index is 0.439. The zero-order valence-corrected chi connectivity index (χ0v) is 13.1. The molecule has 23 heavy (non-hydrogen) atoms. The van der Waals surface area contributed by atoms with Gasteiger partial charge in [0, 0.05) is 19.9 Å². The van der Waals surface area contributed by atoms with Gasteiger partial charge in [-0.1, -0.05) is 12.8 Å². The van der Waals surface area contributed by atoms with E-state index in [1.54, 1.807) is 6.33 Å². The van der Waals surface area contributed by atoms with Gasteiger partial charge in [0.1, 0.15) is 24.3 Å². The molecule has 3 heterocycles. The fourth-order valence-corrected chi connectivity index (χ4v) is 3.14. The largest absolute Gasteiger partial charge is 0.321 e. The van der Waals surface area contributed by atoms with Gasteiger partial charge < -0.3 is 4.57 Å². The first-order chi connectivity index (χ1) is 11.3. The highest BCUT2D eigenvalue weighted by atomic mass is 15.4. The maximum Gasteiger partial charge on any atom is 0.218 e. The number of aryl methyl sites for hydroxylation is 3. The lowest BCUT2D eigenvalue weighted by molar-refractivity contribution is 0.446. The van der Waals surface area contributed by atoms with Crippen LogP contribution in [-0.2, 0) is 19.9 Å². The first-order valence-electron chi connectivity index (χ1n) is 7.95. The average Bonchev–Trinajstić information content (AvgIpc) is 3.32. The third-order valence-electron chi connectivity index (χ3n) is 4.38. The van der Waals surface area contributed by atoms with Gasteiger partial charge in [-0.15, -0.1) is 15.3 Å². The molecule has 3 aromatic rings. The second-order valence-corrected chi connectivity index (χ2v) is 5.93. The van der Waals surface area contributed by atoms with Crippen LogP contribution in [0.15, 0.2) is 12.7 Å². The van der Waals surface area contributed by atoms with E-state index in [4.69, 9.17) is 0 Å². The topological polar surface area (TPSA) is 103 Å². The number of nitrogens with one attached hydrogen (secondary N) is 1. The monoisotopic (exact) mass is 313 g/mol. The predicted octanol–water partition coefficient (Wildman–Crippen LogP) is 1.09. The van der Waals surface area contributed by atoms with E-state index in [0.717, 1.165) is 37.3 Å². The van der Waals surface area contributed by atoms with Gasteiger partial charge in [-0.25, -0.2) is 14.6 Å². The van der Waals surface area contributed by atoms with Crippen LogP contribution >= 0.6 is 0 Å². The average molecular weight is 313 g/mol. The molecule has 1 fully saturated rings. The van der Waals surface area contributed by atoms with Gasteiger partial charge in [-0.3, -0.25) is 5.10 Å². The Morgan fingerprint density at radius 1 is 1.22 bits per heavy atom. The predicted molar refractivity (Wildman–Crippen MR) is 81.3 cm³/mol. The number of hydrogen-bond donors (Lipinski definition) is 1. The number of aromatic nitrogens is 9. The van der Waals surface area contributed by atoms with Crippen molar-refractivity contribution in [3.63, 3.8) is 0 Å². The number of H-pyrrole nitrogens is 1. The third kappa shape index (κ3) is 2.73. The Hall–Kier alpha value is -2.58. The summed E-state index contributed by atoms with van der Waals surface area (Å²) in [5, 5.41) is 19.5. The maximum absolute atomic E-state index is 4.69. The van der Waals surface area contributed by atoms with E-state index in [1.807, 2.05) is 11.6 Å². The van der Waals surface area contributed by atoms with Crippen LogP contribution in [0, 0.1) is 0 Å². The van der Waals surface area contributed by atoms with Crippen molar-refractivity contribution in [2.75, 3.05) is 0 Å². The molecule has 120 valence electrons. The molecule has 4 rings (SSSR count). The van der Waals surface area contributed by atoms with E-state index in [9.17, 15) is 0 Å². The molecule has 0 unspecified atom stereocenters. The molecule has 0 atom stereocenters. The van der Waals surface area contributed by atoms with Crippen molar-refractivity contribution in [1.29, 1.82) is 0 Å². The van der Waals surface area contributed by atoms with Gasteiger partial charge in [0.05, 0.1) is 6.04 Å². The fourth-order valence-electron chi connectivity index (χ4n) is 3.14. The molecule has 0 spiro atoms. The molecular formula is C14H19N9. The zero-order valence-electron chi connectivity index (χ0n) is 13.1. The Balaban J connectivity index is 1.62. The molecule has 0 aromatic carbocycles. The summed E-state index contributed by atoms with van der Waals surface area (Å²) < 4.78 is 4.02. The van der Waals surface area contributed by atoms with E-state index < -0.39 is 0 Å². The van der Waals surface area contributed by atoms with Crippen molar-refractivity contribution in [2.24, 2.45) is 7.05 Å². The highest BCUT2D eigenvalue weighted by Gasteiger charge is 2.23. The molecule has 1 aliphatic rings. The zero-order chi connectivity index (χ0) is 15.6. The molecule has 1 N–H and O–H groups in total. The summed E-state index contributed by atoms with van der Waals surface area (Å²) in [5.41, 5.74) is 0. The lowest BCUT2D eigenvalue weighted by Gasteiger charge is -2.12. The second-order valence-electron chi connectivity index (χ2n) is 5.93. The fraction of sp³-hybridized carbons (Fsp3) is 0.571. The lowest BCUT2D eigenvalue weighted by Crippen LogP contribution is -2.12. The van der Waals surface area contributed by atoms with E-state index in [0.29, 0.717) is 17.7 Å². The summed E-state index contributed by atoms with van der Waals surface area (Å²) in [4.78, 5) is 8.85. The Morgan fingerprint density at radius 2 is 2.04 bits per heavy atom. The molecule has 0 bridgehead atoms. The molecule has 0 saturated heterocycles. The standard InChI is InChI=1S/C14H19N9/c1-22-9-17-19-12(22)7-6-11-18-14(13-15-8-16-20-13)21-23(11)10-4-2-3-5-10/h8-10H,2-7H2,1H3,(H,15,16,20). The lowest BCUT2D eigenvalue weighted by atomic mass is 10.2. The second kappa shape index (κ2) is 5.90. The molecule has 0 amide bonds. The Kier molecular flexibility index (Phi) is 3.60. The molecule has 3 aromatic heterocycles. The van der Waals surface area contributed by atoms with Gasteiger partial charge in [-0.2, -0.15) is 5.10 Å². The van der Waals surface area contributed by atoms with Crippen molar-refractivity contribution in [3.05, 3.63) is 24.3 Å². The van der Waals surface area contributed by atoms with E-state index >= 15 is 0 Å². The van der Waals surface area contributed by atoms with Crippen LogP contribution in [-0.4, -0.2) is 44.7 Å². The van der Waals surface area contributed by atoms with Crippen LogP contribution in [0.4, 0.5) is 0 Å². The number of hydrogen-bond acceptors (Lipinski definition) is 6. The minimum atomic E-state index is 0.439.